The van der Waals surface area contributed by atoms with E-state index in [0.717, 1.165) is 6.20 Å². The normalized spacial score (nSPS) is 10.9. The highest BCUT2D eigenvalue weighted by Crippen LogP contribution is 2.28. The maximum absolute atomic E-state index is 10.5. The molecule has 3 heterocycles. The standard InChI is InChI=1S/C8H5N7O2S/c16-15(17)4-1-9-8(14-4)18-7-5-6(11-2-10-5)12-3-13-7/h1-3H,(H,9,14)(H,10,11,12,13). The lowest BCUT2D eigenvalue weighted by Gasteiger charge is -1.95. The number of nitro groups is 1. The summed E-state index contributed by atoms with van der Waals surface area (Å²) in [6.07, 6.45) is 4.05. The molecule has 0 saturated carbocycles. The molecule has 18 heavy (non-hydrogen) atoms. The number of nitrogens with one attached hydrogen (secondary N) is 2. The Morgan fingerprint density at radius 2 is 2.17 bits per heavy atom. The van der Waals surface area contributed by atoms with Crippen LogP contribution in [0.15, 0.2) is 29.0 Å². The lowest BCUT2D eigenvalue weighted by molar-refractivity contribution is -0.389. The van der Waals surface area contributed by atoms with E-state index in [9.17, 15) is 10.1 Å². The van der Waals surface area contributed by atoms with Crippen LogP contribution in [0, 0.1) is 10.1 Å². The minimum absolute atomic E-state index is 0.160. The molecule has 0 saturated heterocycles. The molecule has 0 aliphatic heterocycles. The first-order chi connectivity index (χ1) is 8.74. The molecular weight excluding hydrogens is 258 g/mol. The first kappa shape index (κ1) is 10.7. The molecule has 0 spiro atoms. The number of imidazole rings is 2. The second-order valence-electron chi connectivity index (χ2n) is 3.21. The third kappa shape index (κ3) is 1.78. The highest BCUT2D eigenvalue weighted by atomic mass is 32.2. The Bertz CT molecular complexity index is 721. The van der Waals surface area contributed by atoms with E-state index in [1.165, 1.54) is 24.4 Å². The van der Waals surface area contributed by atoms with Crippen molar-refractivity contribution in [2.24, 2.45) is 0 Å². The van der Waals surface area contributed by atoms with E-state index in [1.807, 2.05) is 0 Å². The molecule has 0 atom stereocenters. The van der Waals surface area contributed by atoms with Gasteiger partial charge in [-0.2, -0.15) is 0 Å². The molecule has 0 bridgehead atoms. The van der Waals surface area contributed by atoms with Crippen molar-refractivity contribution in [2.45, 2.75) is 10.2 Å². The van der Waals surface area contributed by atoms with Crippen molar-refractivity contribution in [1.29, 1.82) is 0 Å². The number of aromatic nitrogens is 6. The van der Waals surface area contributed by atoms with E-state index in [4.69, 9.17) is 0 Å². The molecule has 10 heteroatoms. The van der Waals surface area contributed by atoms with Gasteiger partial charge in [-0.05, 0) is 16.7 Å². The van der Waals surface area contributed by atoms with E-state index in [2.05, 4.69) is 29.9 Å². The van der Waals surface area contributed by atoms with Crippen LogP contribution in [0.2, 0.25) is 0 Å². The molecule has 0 aliphatic rings. The fourth-order valence-electron chi connectivity index (χ4n) is 1.35. The molecule has 0 fully saturated rings. The topological polar surface area (TPSA) is 126 Å². The minimum Gasteiger partial charge on any atom is -0.358 e. The summed E-state index contributed by atoms with van der Waals surface area (Å²) in [7, 11) is 0. The van der Waals surface area contributed by atoms with Crippen LogP contribution in [0.25, 0.3) is 11.2 Å². The van der Waals surface area contributed by atoms with Crippen molar-refractivity contribution >= 4 is 28.7 Å². The molecule has 3 rings (SSSR count). The smallest absolute Gasteiger partial charge is 0.341 e. The van der Waals surface area contributed by atoms with Gasteiger partial charge in [0.1, 0.15) is 23.1 Å². The summed E-state index contributed by atoms with van der Waals surface area (Å²) in [6, 6.07) is 0. The van der Waals surface area contributed by atoms with E-state index in [0.29, 0.717) is 21.3 Å². The fraction of sp³-hybridized carbons (Fsp3) is 0. The van der Waals surface area contributed by atoms with E-state index in [1.54, 1.807) is 0 Å². The van der Waals surface area contributed by atoms with Gasteiger partial charge in [0.25, 0.3) is 5.16 Å². The van der Waals surface area contributed by atoms with Gasteiger partial charge in [0.2, 0.25) is 0 Å². The van der Waals surface area contributed by atoms with Crippen LogP contribution >= 0.6 is 11.8 Å². The lowest BCUT2D eigenvalue weighted by atomic mass is 10.6. The Kier molecular flexibility index (Phi) is 2.41. The van der Waals surface area contributed by atoms with Gasteiger partial charge in [0.15, 0.2) is 5.65 Å². The Morgan fingerprint density at radius 1 is 1.28 bits per heavy atom. The number of H-pyrrole nitrogens is 2. The van der Waals surface area contributed by atoms with Crippen molar-refractivity contribution in [3.63, 3.8) is 0 Å². The molecule has 3 aromatic rings. The summed E-state index contributed by atoms with van der Waals surface area (Å²) in [6.45, 7) is 0. The Hall–Kier alpha value is -2.49. The Balaban J connectivity index is 1.96. The molecule has 9 nitrogen and oxygen atoms in total. The summed E-state index contributed by atoms with van der Waals surface area (Å²) in [5.41, 5.74) is 1.20. The molecule has 0 radical (unpaired) electrons. The zero-order chi connectivity index (χ0) is 12.5. The van der Waals surface area contributed by atoms with E-state index in [-0.39, 0.29) is 5.82 Å². The van der Waals surface area contributed by atoms with Crippen molar-refractivity contribution in [1.82, 2.24) is 29.9 Å². The average Bonchev–Trinajstić information content (AvgIpc) is 2.97. The van der Waals surface area contributed by atoms with Gasteiger partial charge in [-0.15, -0.1) is 0 Å². The second-order valence-corrected chi connectivity index (χ2v) is 4.19. The average molecular weight is 263 g/mol. The van der Waals surface area contributed by atoms with Crippen LogP contribution in [0.4, 0.5) is 5.82 Å². The van der Waals surface area contributed by atoms with Gasteiger partial charge < -0.3 is 15.1 Å². The van der Waals surface area contributed by atoms with Crippen molar-refractivity contribution in [3.05, 3.63) is 29.0 Å². The highest BCUT2D eigenvalue weighted by Gasteiger charge is 2.14. The minimum atomic E-state index is -0.539. The van der Waals surface area contributed by atoms with Crippen LogP contribution in [0.3, 0.4) is 0 Å². The van der Waals surface area contributed by atoms with E-state index < -0.39 is 4.92 Å². The number of nitrogens with zero attached hydrogens (tertiary/aromatic N) is 5. The molecule has 0 aliphatic carbocycles. The van der Waals surface area contributed by atoms with E-state index >= 15 is 0 Å². The monoisotopic (exact) mass is 263 g/mol. The molecule has 2 N–H and O–H groups in total. The first-order valence-electron chi connectivity index (χ1n) is 4.75. The fourth-order valence-corrected chi connectivity index (χ4v) is 2.15. The number of rotatable bonds is 3. The van der Waals surface area contributed by atoms with Gasteiger partial charge in [0.05, 0.1) is 6.33 Å². The van der Waals surface area contributed by atoms with Crippen LogP contribution in [-0.4, -0.2) is 34.8 Å². The number of hydrogen-bond donors (Lipinski definition) is 2. The maximum Gasteiger partial charge on any atom is 0.341 e. The molecule has 90 valence electrons. The quantitative estimate of drug-likeness (QED) is 0.412. The van der Waals surface area contributed by atoms with Gasteiger partial charge in [-0.25, -0.2) is 24.9 Å². The van der Waals surface area contributed by atoms with Crippen molar-refractivity contribution in [3.8, 4) is 0 Å². The van der Waals surface area contributed by atoms with Gasteiger partial charge in [-0.1, -0.05) is 0 Å². The summed E-state index contributed by atoms with van der Waals surface area (Å²) < 4.78 is 0. The zero-order valence-corrected chi connectivity index (χ0v) is 9.51. The predicted octanol–water partition coefficient (Wildman–Crippen LogP) is 1.14. The number of aromatic amines is 2. The predicted molar refractivity (Wildman–Crippen MR) is 61.0 cm³/mol. The summed E-state index contributed by atoms with van der Waals surface area (Å²) in [5, 5.41) is 11.5. The SMILES string of the molecule is O=[N+]([O-])c1cnc(Sc2ncnc3nc[nH]c23)[nH]1. The van der Waals surface area contributed by atoms with Crippen LogP contribution in [0.1, 0.15) is 0 Å². The first-order valence-corrected chi connectivity index (χ1v) is 5.57. The highest BCUT2D eigenvalue weighted by molar-refractivity contribution is 7.99. The van der Waals surface area contributed by atoms with Crippen LogP contribution < -0.4 is 0 Å². The molecule has 3 aromatic heterocycles. The summed E-state index contributed by atoms with van der Waals surface area (Å²) in [5.74, 6) is -0.160. The van der Waals surface area contributed by atoms with Crippen LogP contribution in [0.5, 0.6) is 0 Å². The van der Waals surface area contributed by atoms with Gasteiger partial charge in [-0.3, -0.25) is 0 Å². The van der Waals surface area contributed by atoms with Crippen molar-refractivity contribution in [2.75, 3.05) is 0 Å². The summed E-state index contributed by atoms with van der Waals surface area (Å²) >= 11 is 1.17. The third-order valence-corrected chi connectivity index (χ3v) is 3.02. The van der Waals surface area contributed by atoms with Crippen molar-refractivity contribution < 1.29 is 4.92 Å². The second kappa shape index (κ2) is 4.07. The summed E-state index contributed by atoms with van der Waals surface area (Å²) in [4.78, 5) is 31.4. The number of hydrogen-bond acceptors (Lipinski definition) is 7. The Morgan fingerprint density at radius 3 is 2.94 bits per heavy atom. The van der Waals surface area contributed by atoms with Gasteiger partial charge >= 0.3 is 5.82 Å². The molecular formula is C8H5N7O2S. The lowest BCUT2D eigenvalue weighted by Crippen LogP contribution is -1.88. The van der Waals surface area contributed by atoms with Crippen LogP contribution in [-0.2, 0) is 0 Å². The maximum atomic E-state index is 10.5. The molecule has 0 amide bonds. The molecule has 0 unspecified atom stereocenters. The number of fused-ring (bicyclic) bond motifs is 1. The van der Waals surface area contributed by atoms with Gasteiger partial charge in [0, 0.05) is 0 Å². The largest absolute Gasteiger partial charge is 0.358 e. The Labute approximate surface area is 103 Å². The third-order valence-electron chi connectivity index (χ3n) is 2.12. The molecule has 0 aromatic carbocycles. The zero-order valence-electron chi connectivity index (χ0n) is 8.69.